The number of anilines is 1. The highest BCUT2D eigenvalue weighted by Crippen LogP contribution is 2.32. The molecule has 1 aliphatic heterocycles. The number of halogens is 3. The fourth-order valence-corrected chi connectivity index (χ4v) is 4.57. The second kappa shape index (κ2) is 11.9. The number of fused-ring (bicyclic) bond motifs is 1. The third kappa shape index (κ3) is 6.95. The van der Waals surface area contributed by atoms with Crippen LogP contribution in [0.15, 0.2) is 48.9 Å². The number of H-pyrrole nitrogens is 1. The number of aromatic amines is 1. The van der Waals surface area contributed by atoms with Crippen LogP contribution in [-0.2, 0) is 16.1 Å². The van der Waals surface area contributed by atoms with E-state index in [1.807, 2.05) is 24.3 Å². The molecule has 3 aromatic heterocycles. The van der Waals surface area contributed by atoms with Gasteiger partial charge in [-0.1, -0.05) is 6.07 Å². The van der Waals surface area contributed by atoms with Gasteiger partial charge in [0.2, 0.25) is 11.9 Å². The summed E-state index contributed by atoms with van der Waals surface area (Å²) in [6.45, 7) is 3.86. The number of nitrogens with zero attached hydrogens (tertiary/aromatic N) is 6. The lowest BCUT2D eigenvalue weighted by Crippen LogP contribution is -2.49. The molecule has 41 heavy (non-hydrogen) atoms. The van der Waals surface area contributed by atoms with Gasteiger partial charge in [0.25, 0.3) is 0 Å². The Balaban J connectivity index is 1.32. The Morgan fingerprint density at radius 2 is 1.80 bits per heavy atom. The molecule has 4 heterocycles. The van der Waals surface area contributed by atoms with Crippen molar-refractivity contribution in [1.82, 2.24) is 34.7 Å². The van der Waals surface area contributed by atoms with Gasteiger partial charge >= 0.3 is 12.3 Å². The molecule has 1 aliphatic rings. The number of hydrogen-bond donors (Lipinski definition) is 2. The number of benzene rings is 1. The molecule has 1 saturated heterocycles. The van der Waals surface area contributed by atoms with Gasteiger partial charge in [0.05, 0.1) is 17.8 Å². The molecule has 0 atom stereocenters. The Hall–Kier alpha value is -4.59. The number of amides is 2. The number of carbonyl (C=O) groups excluding carboxylic acids is 2. The fraction of sp³-hybridized carbons (Fsp3) is 0.333. The predicted octanol–water partition coefficient (Wildman–Crippen LogP) is 4.25. The van der Waals surface area contributed by atoms with Gasteiger partial charge in [-0.05, 0) is 36.8 Å². The van der Waals surface area contributed by atoms with Crippen LogP contribution >= 0.6 is 0 Å². The van der Waals surface area contributed by atoms with Crippen molar-refractivity contribution in [2.75, 3.05) is 38.1 Å². The lowest BCUT2D eigenvalue weighted by Gasteiger charge is -2.34. The lowest BCUT2D eigenvalue weighted by atomic mass is 10.0. The maximum atomic E-state index is 12.5. The van der Waals surface area contributed by atoms with Crippen LogP contribution in [0.1, 0.15) is 19.0 Å². The summed E-state index contributed by atoms with van der Waals surface area (Å²) >= 11 is 0. The van der Waals surface area contributed by atoms with Crippen molar-refractivity contribution in [2.24, 2.45) is 0 Å². The van der Waals surface area contributed by atoms with Crippen molar-refractivity contribution >= 4 is 29.0 Å². The highest BCUT2D eigenvalue weighted by Gasteiger charge is 2.34. The number of rotatable bonds is 7. The molecule has 0 saturated carbocycles. The average molecular weight is 569 g/mol. The van der Waals surface area contributed by atoms with Crippen LogP contribution in [0.25, 0.3) is 33.5 Å². The van der Waals surface area contributed by atoms with Gasteiger partial charge in [-0.2, -0.15) is 13.2 Å². The SMILES string of the molecule is CCOC(=O)Nc1nc2c(-c3ncccn3)cc(-c3ccc(CN4CCN(C(=O)CC(F)(F)F)CC4)nc3)cc2[nH]1. The topological polar surface area (TPSA) is 129 Å². The number of nitrogens with one attached hydrogen (secondary N) is 2. The summed E-state index contributed by atoms with van der Waals surface area (Å²) in [5, 5.41) is 2.58. The van der Waals surface area contributed by atoms with Crippen LogP contribution in [0.2, 0.25) is 0 Å². The summed E-state index contributed by atoms with van der Waals surface area (Å²) in [5.74, 6) is -0.203. The van der Waals surface area contributed by atoms with E-state index in [0.717, 1.165) is 16.8 Å². The summed E-state index contributed by atoms with van der Waals surface area (Å²) in [5.41, 5.74) is 4.32. The number of pyridine rings is 1. The highest BCUT2D eigenvalue weighted by atomic mass is 19.4. The monoisotopic (exact) mass is 568 g/mol. The third-order valence-electron chi connectivity index (χ3n) is 6.51. The van der Waals surface area contributed by atoms with Crippen LogP contribution in [0.5, 0.6) is 0 Å². The van der Waals surface area contributed by atoms with Gasteiger partial charge in [-0.15, -0.1) is 0 Å². The Kier molecular flexibility index (Phi) is 8.10. The quantitative estimate of drug-likeness (QED) is 0.339. The minimum atomic E-state index is -4.50. The Morgan fingerprint density at radius 3 is 2.46 bits per heavy atom. The van der Waals surface area contributed by atoms with Gasteiger partial charge in [-0.3, -0.25) is 20.0 Å². The van der Waals surface area contributed by atoms with E-state index < -0.39 is 24.6 Å². The maximum Gasteiger partial charge on any atom is 0.413 e. The number of alkyl halides is 3. The smallest absolute Gasteiger partial charge is 0.413 e. The Bertz CT molecular complexity index is 1520. The first-order chi connectivity index (χ1) is 19.7. The van der Waals surface area contributed by atoms with E-state index in [2.05, 4.69) is 35.1 Å². The predicted molar refractivity (Wildman–Crippen MR) is 144 cm³/mol. The van der Waals surface area contributed by atoms with Gasteiger partial charge in [-0.25, -0.2) is 19.7 Å². The molecule has 4 aromatic rings. The zero-order valence-electron chi connectivity index (χ0n) is 22.1. The van der Waals surface area contributed by atoms with Crippen LogP contribution in [0, 0.1) is 0 Å². The van der Waals surface area contributed by atoms with E-state index in [0.29, 0.717) is 42.1 Å². The van der Waals surface area contributed by atoms with Gasteiger partial charge in [0, 0.05) is 62.4 Å². The van der Waals surface area contributed by atoms with Crippen LogP contribution in [0.3, 0.4) is 0 Å². The van der Waals surface area contributed by atoms with E-state index in [1.165, 1.54) is 4.90 Å². The summed E-state index contributed by atoms with van der Waals surface area (Å²) in [6.07, 6.45) is -1.55. The second-order valence-corrected chi connectivity index (χ2v) is 9.41. The van der Waals surface area contributed by atoms with E-state index in [1.54, 1.807) is 31.6 Å². The second-order valence-electron chi connectivity index (χ2n) is 9.41. The van der Waals surface area contributed by atoms with Crippen molar-refractivity contribution in [2.45, 2.75) is 26.1 Å². The first-order valence-electron chi connectivity index (χ1n) is 13.0. The van der Waals surface area contributed by atoms with E-state index in [-0.39, 0.29) is 25.6 Å². The van der Waals surface area contributed by atoms with Gasteiger partial charge in [0.15, 0.2) is 5.82 Å². The summed E-state index contributed by atoms with van der Waals surface area (Å²) < 4.78 is 42.6. The molecule has 1 fully saturated rings. The molecule has 2 N–H and O–H groups in total. The molecule has 0 radical (unpaired) electrons. The summed E-state index contributed by atoms with van der Waals surface area (Å²) in [7, 11) is 0. The van der Waals surface area contributed by atoms with E-state index in [4.69, 9.17) is 4.74 Å². The first-order valence-corrected chi connectivity index (χ1v) is 13.0. The number of imidazole rings is 1. The number of carbonyl (C=O) groups is 2. The van der Waals surface area contributed by atoms with Crippen molar-refractivity contribution in [3.05, 3.63) is 54.6 Å². The van der Waals surface area contributed by atoms with Crippen LogP contribution in [0.4, 0.5) is 23.9 Å². The van der Waals surface area contributed by atoms with Crippen molar-refractivity contribution in [3.63, 3.8) is 0 Å². The Morgan fingerprint density at radius 1 is 1.05 bits per heavy atom. The zero-order valence-corrected chi connectivity index (χ0v) is 22.1. The van der Waals surface area contributed by atoms with E-state index in [9.17, 15) is 22.8 Å². The van der Waals surface area contributed by atoms with Gasteiger partial charge < -0.3 is 14.6 Å². The molecule has 11 nitrogen and oxygen atoms in total. The minimum Gasteiger partial charge on any atom is -0.450 e. The standard InChI is InChI=1S/C27H27F3N8O3/c1-2-41-26(40)36-25-34-21-13-18(12-20(23(21)35-25)24-31-6-3-7-32-24)17-4-5-19(33-15-17)16-37-8-10-38(11-9-37)22(39)14-27(28,29)30/h3-7,12-13,15H,2,8-11,14,16H2,1H3,(H2,34,35,36,40). The molecule has 2 amide bonds. The number of aromatic nitrogens is 5. The fourth-order valence-electron chi connectivity index (χ4n) is 4.57. The third-order valence-corrected chi connectivity index (χ3v) is 6.51. The summed E-state index contributed by atoms with van der Waals surface area (Å²) in [6, 6.07) is 9.32. The number of ether oxygens (including phenoxy) is 1. The zero-order chi connectivity index (χ0) is 29.0. The normalized spacial score (nSPS) is 14.3. The Labute approximate surface area is 232 Å². The number of piperazine rings is 1. The molecular weight excluding hydrogens is 541 g/mol. The summed E-state index contributed by atoms with van der Waals surface area (Å²) in [4.78, 5) is 48.0. The van der Waals surface area contributed by atoms with Crippen molar-refractivity contribution in [1.29, 1.82) is 0 Å². The molecule has 0 aliphatic carbocycles. The minimum absolute atomic E-state index is 0.222. The maximum absolute atomic E-state index is 12.5. The molecular formula is C27H27F3N8O3. The lowest BCUT2D eigenvalue weighted by molar-refractivity contribution is -0.162. The first kappa shape index (κ1) is 28.0. The molecule has 1 aromatic carbocycles. The molecule has 5 rings (SSSR count). The molecule has 0 spiro atoms. The van der Waals surface area contributed by atoms with Crippen LogP contribution < -0.4 is 5.32 Å². The number of hydrogen-bond acceptors (Lipinski definition) is 8. The highest BCUT2D eigenvalue weighted by molar-refractivity contribution is 5.96. The van der Waals surface area contributed by atoms with Crippen molar-refractivity contribution < 1.29 is 27.5 Å². The molecule has 214 valence electrons. The van der Waals surface area contributed by atoms with Crippen molar-refractivity contribution in [3.8, 4) is 22.5 Å². The van der Waals surface area contributed by atoms with Gasteiger partial charge in [0.1, 0.15) is 11.9 Å². The largest absolute Gasteiger partial charge is 0.450 e. The van der Waals surface area contributed by atoms with Crippen LogP contribution in [-0.4, -0.2) is 85.7 Å². The molecule has 0 unspecified atom stereocenters. The van der Waals surface area contributed by atoms with E-state index >= 15 is 0 Å². The molecule has 0 bridgehead atoms. The molecule has 14 heteroatoms. The average Bonchev–Trinajstić information content (AvgIpc) is 3.35.